The average Bonchev–Trinajstić information content (AvgIpc) is 2.17. The molecule has 1 unspecified atom stereocenters. The van der Waals surface area contributed by atoms with E-state index in [1.165, 1.54) is 52.0 Å². The molecule has 0 spiro atoms. The maximum Gasteiger partial charge on any atom is 0.00219 e. The minimum atomic E-state index is 0.792. The van der Waals surface area contributed by atoms with Gasteiger partial charge in [0, 0.05) is 19.6 Å². The molecule has 96 valence electrons. The van der Waals surface area contributed by atoms with Gasteiger partial charge in [-0.1, -0.05) is 20.8 Å². The Morgan fingerprint density at radius 3 is 2.75 bits per heavy atom. The molecule has 0 aromatic rings. The Hall–Kier alpha value is -0.0800. The third-order valence-corrected chi connectivity index (χ3v) is 3.39. The van der Waals surface area contributed by atoms with E-state index in [2.05, 4.69) is 37.6 Å². The van der Waals surface area contributed by atoms with E-state index < -0.39 is 0 Å². The largest absolute Gasteiger partial charge is 0.306 e. The maximum atomic E-state index is 2.65. The van der Waals surface area contributed by atoms with Crippen molar-refractivity contribution in [3.8, 4) is 0 Å². The minimum absolute atomic E-state index is 0.792. The summed E-state index contributed by atoms with van der Waals surface area (Å²) in [5, 5.41) is 0. The van der Waals surface area contributed by atoms with Crippen molar-refractivity contribution >= 4 is 0 Å². The van der Waals surface area contributed by atoms with Crippen molar-refractivity contribution in [2.75, 3.05) is 39.8 Å². The summed E-state index contributed by atoms with van der Waals surface area (Å²) in [4.78, 5) is 5.17. The molecular formula is C14H30N2. The van der Waals surface area contributed by atoms with Crippen LogP contribution in [-0.2, 0) is 0 Å². The van der Waals surface area contributed by atoms with Gasteiger partial charge in [-0.15, -0.1) is 0 Å². The summed E-state index contributed by atoms with van der Waals surface area (Å²) >= 11 is 0. The van der Waals surface area contributed by atoms with E-state index in [0.717, 1.165) is 11.8 Å². The smallest absolute Gasteiger partial charge is 0.00219 e. The van der Waals surface area contributed by atoms with Crippen molar-refractivity contribution in [3.05, 3.63) is 0 Å². The summed E-state index contributed by atoms with van der Waals surface area (Å²) in [6.07, 6.45) is 4.14. The Labute approximate surface area is 102 Å². The van der Waals surface area contributed by atoms with E-state index in [0.29, 0.717) is 0 Å². The van der Waals surface area contributed by atoms with Crippen LogP contribution in [-0.4, -0.2) is 49.6 Å². The summed E-state index contributed by atoms with van der Waals surface area (Å²) in [5.74, 6) is 1.70. The van der Waals surface area contributed by atoms with E-state index in [4.69, 9.17) is 0 Å². The highest BCUT2D eigenvalue weighted by molar-refractivity contribution is 4.75. The Morgan fingerprint density at radius 1 is 1.38 bits per heavy atom. The van der Waals surface area contributed by atoms with Crippen LogP contribution in [0.15, 0.2) is 0 Å². The standard InChI is InChI=1S/C14H30N2/c1-5-8-16-9-6-7-14(12-16)11-15(4)10-13(2)3/h13-14H,5-12H2,1-4H3. The fourth-order valence-corrected chi connectivity index (χ4v) is 2.96. The van der Waals surface area contributed by atoms with Crippen LogP contribution in [0.2, 0.25) is 0 Å². The van der Waals surface area contributed by atoms with Crippen LogP contribution in [0.3, 0.4) is 0 Å². The molecule has 0 aliphatic carbocycles. The molecule has 0 saturated carbocycles. The number of piperidine rings is 1. The van der Waals surface area contributed by atoms with Gasteiger partial charge in [-0.3, -0.25) is 0 Å². The van der Waals surface area contributed by atoms with Gasteiger partial charge in [-0.2, -0.15) is 0 Å². The fourth-order valence-electron chi connectivity index (χ4n) is 2.96. The second kappa shape index (κ2) is 7.29. The second-order valence-electron chi connectivity index (χ2n) is 5.92. The number of nitrogens with zero attached hydrogens (tertiary/aromatic N) is 2. The first-order chi connectivity index (χ1) is 7.61. The van der Waals surface area contributed by atoms with Gasteiger partial charge in [0.1, 0.15) is 0 Å². The predicted octanol–water partition coefficient (Wildman–Crippen LogP) is 2.70. The van der Waals surface area contributed by atoms with Crippen LogP contribution >= 0.6 is 0 Å². The maximum absolute atomic E-state index is 2.65. The Balaban J connectivity index is 2.25. The van der Waals surface area contributed by atoms with Crippen LogP contribution in [0.5, 0.6) is 0 Å². The lowest BCUT2D eigenvalue weighted by atomic mass is 9.97. The molecule has 2 heteroatoms. The van der Waals surface area contributed by atoms with Crippen molar-refractivity contribution < 1.29 is 0 Å². The van der Waals surface area contributed by atoms with E-state index >= 15 is 0 Å². The molecule has 0 amide bonds. The average molecular weight is 226 g/mol. The van der Waals surface area contributed by atoms with Crippen LogP contribution in [0, 0.1) is 11.8 Å². The lowest BCUT2D eigenvalue weighted by Crippen LogP contribution is -2.41. The molecule has 1 atom stereocenters. The quantitative estimate of drug-likeness (QED) is 0.687. The number of hydrogen-bond acceptors (Lipinski definition) is 2. The molecular weight excluding hydrogens is 196 g/mol. The van der Waals surface area contributed by atoms with Crippen molar-refractivity contribution in [2.45, 2.75) is 40.0 Å². The lowest BCUT2D eigenvalue weighted by molar-refractivity contribution is 0.139. The molecule has 0 bridgehead atoms. The molecule has 0 aromatic heterocycles. The van der Waals surface area contributed by atoms with E-state index in [1.54, 1.807) is 0 Å². The molecule has 0 radical (unpaired) electrons. The van der Waals surface area contributed by atoms with Gasteiger partial charge in [0.15, 0.2) is 0 Å². The van der Waals surface area contributed by atoms with Crippen molar-refractivity contribution in [2.24, 2.45) is 11.8 Å². The molecule has 1 aliphatic heterocycles. The Kier molecular flexibility index (Phi) is 6.37. The molecule has 1 rings (SSSR count). The first kappa shape index (κ1) is 14.0. The zero-order valence-electron chi connectivity index (χ0n) is 11.7. The zero-order valence-corrected chi connectivity index (χ0v) is 11.7. The normalized spacial score (nSPS) is 23.2. The minimum Gasteiger partial charge on any atom is -0.306 e. The Bertz CT molecular complexity index is 178. The highest BCUT2D eigenvalue weighted by Gasteiger charge is 2.20. The van der Waals surface area contributed by atoms with E-state index in [1.807, 2.05) is 0 Å². The highest BCUT2D eigenvalue weighted by Crippen LogP contribution is 2.17. The molecule has 1 saturated heterocycles. The van der Waals surface area contributed by atoms with Gasteiger partial charge in [0.05, 0.1) is 0 Å². The monoisotopic (exact) mass is 226 g/mol. The van der Waals surface area contributed by atoms with E-state index in [9.17, 15) is 0 Å². The summed E-state index contributed by atoms with van der Waals surface area (Å²) in [7, 11) is 2.28. The first-order valence-corrected chi connectivity index (χ1v) is 7.02. The van der Waals surface area contributed by atoms with Crippen LogP contribution in [0.1, 0.15) is 40.0 Å². The summed E-state index contributed by atoms with van der Waals surface area (Å²) < 4.78 is 0. The zero-order chi connectivity index (χ0) is 12.0. The van der Waals surface area contributed by atoms with Gasteiger partial charge in [-0.05, 0) is 51.2 Å². The molecule has 1 heterocycles. The van der Waals surface area contributed by atoms with Gasteiger partial charge in [0.25, 0.3) is 0 Å². The molecule has 1 aliphatic rings. The van der Waals surface area contributed by atoms with Gasteiger partial charge in [-0.25, -0.2) is 0 Å². The highest BCUT2D eigenvalue weighted by atomic mass is 15.1. The van der Waals surface area contributed by atoms with E-state index in [-0.39, 0.29) is 0 Å². The topological polar surface area (TPSA) is 6.48 Å². The molecule has 0 N–H and O–H groups in total. The number of likely N-dealkylation sites (tertiary alicyclic amines) is 1. The van der Waals surface area contributed by atoms with Crippen molar-refractivity contribution in [1.82, 2.24) is 9.80 Å². The SMILES string of the molecule is CCCN1CCCC(CN(C)CC(C)C)C1. The van der Waals surface area contributed by atoms with Crippen molar-refractivity contribution in [1.29, 1.82) is 0 Å². The second-order valence-corrected chi connectivity index (χ2v) is 5.92. The van der Waals surface area contributed by atoms with Crippen LogP contribution in [0.4, 0.5) is 0 Å². The molecule has 2 nitrogen and oxygen atoms in total. The molecule has 16 heavy (non-hydrogen) atoms. The Morgan fingerprint density at radius 2 is 2.12 bits per heavy atom. The lowest BCUT2D eigenvalue weighted by Gasteiger charge is -2.34. The third-order valence-electron chi connectivity index (χ3n) is 3.39. The summed E-state index contributed by atoms with van der Waals surface area (Å²) in [6.45, 7) is 13.4. The summed E-state index contributed by atoms with van der Waals surface area (Å²) in [6, 6.07) is 0. The third kappa shape index (κ3) is 5.31. The van der Waals surface area contributed by atoms with Gasteiger partial charge >= 0.3 is 0 Å². The fraction of sp³-hybridized carbons (Fsp3) is 1.00. The van der Waals surface area contributed by atoms with Crippen LogP contribution in [0.25, 0.3) is 0 Å². The molecule has 0 aromatic carbocycles. The van der Waals surface area contributed by atoms with Gasteiger partial charge < -0.3 is 9.80 Å². The molecule has 1 fully saturated rings. The first-order valence-electron chi connectivity index (χ1n) is 7.02. The van der Waals surface area contributed by atoms with Crippen molar-refractivity contribution in [3.63, 3.8) is 0 Å². The number of hydrogen-bond donors (Lipinski definition) is 0. The number of rotatable bonds is 6. The predicted molar refractivity (Wildman–Crippen MR) is 71.8 cm³/mol. The summed E-state index contributed by atoms with van der Waals surface area (Å²) in [5.41, 5.74) is 0. The van der Waals surface area contributed by atoms with Gasteiger partial charge in [0.2, 0.25) is 0 Å². The van der Waals surface area contributed by atoms with Crippen LogP contribution < -0.4 is 0 Å².